The molecule has 5 heterocycles. The van der Waals surface area contributed by atoms with Gasteiger partial charge >= 0.3 is 0 Å². The van der Waals surface area contributed by atoms with Gasteiger partial charge in [0.1, 0.15) is 5.69 Å². The van der Waals surface area contributed by atoms with E-state index >= 15 is 0 Å². The average molecular weight is 438 g/mol. The summed E-state index contributed by atoms with van der Waals surface area (Å²) in [6, 6.07) is 5.38. The molecule has 1 aliphatic rings. The summed E-state index contributed by atoms with van der Waals surface area (Å²) in [6.07, 6.45) is 8.48. The molecule has 0 aromatic carbocycles. The Morgan fingerprint density at radius 3 is 2.97 bits per heavy atom. The van der Waals surface area contributed by atoms with E-state index in [-0.39, 0.29) is 17.9 Å². The fourth-order valence-electron chi connectivity index (χ4n) is 3.88. The Bertz CT molecular complexity index is 1200. The molecule has 0 radical (unpaired) electrons. The third-order valence-corrected chi connectivity index (χ3v) is 5.85. The van der Waals surface area contributed by atoms with Gasteiger partial charge in [-0.1, -0.05) is 16.8 Å². The highest BCUT2D eigenvalue weighted by atomic mass is 35.5. The van der Waals surface area contributed by atoms with Gasteiger partial charge in [-0.05, 0) is 38.0 Å². The minimum absolute atomic E-state index is 0.00161. The molecule has 1 saturated heterocycles. The lowest BCUT2D eigenvalue weighted by Gasteiger charge is -2.37. The van der Waals surface area contributed by atoms with E-state index in [2.05, 4.69) is 37.2 Å². The van der Waals surface area contributed by atoms with E-state index in [9.17, 15) is 4.79 Å². The molecular weight excluding hydrogens is 418 g/mol. The Labute approximate surface area is 182 Å². The Morgan fingerprint density at radius 2 is 2.19 bits per heavy atom. The zero-order chi connectivity index (χ0) is 21.4. The number of amides is 1. The Morgan fingerprint density at radius 1 is 1.29 bits per heavy atom. The minimum atomic E-state index is -0.0378. The van der Waals surface area contributed by atoms with Crippen LogP contribution in [-0.4, -0.2) is 53.7 Å². The van der Waals surface area contributed by atoms with Gasteiger partial charge in [0.15, 0.2) is 5.82 Å². The number of aromatic amines is 2. The molecule has 1 amide bonds. The van der Waals surface area contributed by atoms with E-state index in [1.807, 2.05) is 4.90 Å². The van der Waals surface area contributed by atoms with Gasteiger partial charge in [-0.25, -0.2) is 0 Å². The van der Waals surface area contributed by atoms with Crippen molar-refractivity contribution in [1.82, 2.24) is 35.2 Å². The van der Waals surface area contributed by atoms with Gasteiger partial charge in [0.2, 0.25) is 0 Å². The third kappa shape index (κ3) is 3.84. The molecule has 31 heavy (non-hydrogen) atoms. The second-order valence-electron chi connectivity index (χ2n) is 7.69. The number of hydrogen-bond donors (Lipinski definition) is 2. The SMILES string of the molecule is CC1CCC(c2noc(-c3cc(Cl)c[nH]3)n2)CN1C(=O)c1ccnc(-c2cn[nH]c2)c1. The summed E-state index contributed by atoms with van der Waals surface area (Å²) < 4.78 is 5.41. The van der Waals surface area contributed by atoms with E-state index in [4.69, 9.17) is 16.1 Å². The van der Waals surface area contributed by atoms with Gasteiger partial charge in [-0.3, -0.25) is 14.9 Å². The number of rotatable bonds is 4. The molecule has 158 valence electrons. The number of H-pyrrole nitrogens is 2. The van der Waals surface area contributed by atoms with Gasteiger partial charge in [0, 0.05) is 48.2 Å². The first kappa shape index (κ1) is 19.5. The maximum atomic E-state index is 13.3. The normalized spacial score (nSPS) is 19.0. The van der Waals surface area contributed by atoms with Crippen molar-refractivity contribution in [3.63, 3.8) is 0 Å². The molecule has 0 saturated carbocycles. The van der Waals surface area contributed by atoms with Gasteiger partial charge in [-0.2, -0.15) is 10.1 Å². The van der Waals surface area contributed by atoms with Crippen LogP contribution in [0.15, 0.2) is 47.5 Å². The zero-order valence-corrected chi connectivity index (χ0v) is 17.5. The van der Waals surface area contributed by atoms with Crippen molar-refractivity contribution in [2.45, 2.75) is 31.7 Å². The third-order valence-electron chi connectivity index (χ3n) is 5.63. The van der Waals surface area contributed by atoms with Crippen molar-refractivity contribution in [2.24, 2.45) is 0 Å². The van der Waals surface area contributed by atoms with Gasteiger partial charge in [0.05, 0.1) is 16.9 Å². The largest absolute Gasteiger partial charge is 0.356 e. The molecule has 9 nitrogen and oxygen atoms in total. The van der Waals surface area contributed by atoms with E-state index in [0.717, 1.165) is 18.4 Å². The number of nitrogens with one attached hydrogen (secondary N) is 2. The molecular formula is C21H20ClN7O2. The fraction of sp³-hybridized carbons (Fsp3) is 0.286. The first-order valence-corrected chi connectivity index (χ1v) is 10.4. The smallest absolute Gasteiger partial charge is 0.274 e. The number of hydrogen-bond acceptors (Lipinski definition) is 6. The lowest BCUT2D eigenvalue weighted by molar-refractivity contribution is 0.0604. The number of nitrogens with zero attached hydrogens (tertiary/aromatic N) is 5. The molecule has 5 rings (SSSR count). The van der Waals surface area contributed by atoms with Crippen LogP contribution in [0.3, 0.4) is 0 Å². The predicted octanol–water partition coefficient (Wildman–Crippen LogP) is 3.91. The van der Waals surface area contributed by atoms with E-state index in [0.29, 0.717) is 40.2 Å². The summed E-state index contributed by atoms with van der Waals surface area (Å²) in [4.78, 5) is 27.1. The Hall–Kier alpha value is -3.46. The molecule has 0 bridgehead atoms. The van der Waals surface area contributed by atoms with Crippen molar-refractivity contribution >= 4 is 17.5 Å². The molecule has 1 fully saturated rings. The van der Waals surface area contributed by atoms with E-state index in [1.165, 1.54) is 0 Å². The summed E-state index contributed by atoms with van der Waals surface area (Å²) >= 11 is 5.96. The summed E-state index contributed by atoms with van der Waals surface area (Å²) in [6.45, 7) is 2.59. The van der Waals surface area contributed by atoms with Crippen molar-refractivity contribution < 1.29 is 9.32 Å². The lowest BCUT2D eigenvalue weighted by atomic mass is 9.92. The summed E-state index contributed by atoms with van der Waals surface area (Å²) in [5, 5.41) is 11.5. The number of piperidine rings is 1. The maximum Gasteiger partial charge on any atom is 0.274 e. The number of carbonyl (C=O) groups is 1. The van der Waals surface area contributed by atoms with Crippen LogP contribution in [0.5, 0.6) is 0 Å². The zero-order valence-electron chi connectivity index (χ0n) is 16.7. The molecule has 0 aliphatic carbocycles. The van der Waals surface area contributed by atoms with Gasteiger partial charge in [0.25, 0.3) is 11.8 Å². The van der Waals surface area contributed by atoms with Crippen molar-refractivity contribution in [2.75, 3.05) is 6.54 Å². The van der Waals surface area contributed by atoms with Crippen LogP contribution in [0.2, 0.25) is 5.02 Å². The molecule has 4 aromatic rings. The molecule has 0 spiro atoms. The topological polar surface area (TPSA) is 117 Å². The first-order chi connectivity index (χ1) is 15.1. The highest BCUT2D eigenvalue weighted by Crippen LogP contribution is 2.31. The summed E-state index contributed by atoms with van der Waals surface area (Å²) in [7, 11) is 0. The molecule has 10 heteroatoms. The highest BCUT2D eigenvalue weighted by molar-refractivity contribution is 6.30. The number of pyridine rings is 1. The Balaban J connectivity index is 1.36. The summed E-state index contributed by atoms with van der Waals surface area (Å²) in [5.41, 5.74) is 2.80. The standard InChI is InChI=1S/C21H20ClN7O2/c1-12-2-3-14(19-27-20(31-28-19)18-7-16(22)10-24-18)11-29(12)21(30)13-4-5-23-17(6-13)15-8-25-26-9-15/h4-10,12,14,24H,2-3,11H2,1H3,(H,25,26). The van der Waals surface area contributed by atoms with Crippen molar-refractivity contribution in [1.29, 1.82) is 0 Å². The molecule has 2 atom stereocenters. The quantitative estimate of drug-likeness (QED) is 0.500. The van der Waals surface area contributed by atoms with Crippen LogP contribution in [0, 0.1) is 0 Å². The predicted molar refractivity (Wildman–Crippen MR) is 113 cm³/mol. The molecule has 1 aliphatic heterocycles. The number of likely N-dealkylation sites (tertiary alicyclic amines) is 1. The second-order valence-corrected chi connectivity index (χ2v) is 8.12. The van der Waals surface area contributed by atoms with Crippen molar-refractivity contribution in [3.05, 3.63) is 59.4 Å². The maximum absolute atomic E-state index is 13.3. The monoisotopic (exact) mass is 437 g/mol. The number of halogens is 1. The van der Waals surface area contributed by atoms with Crippen LogP contribution in [-0.2, 0) is 0 Å². The molecule has 4 aromatic heterocycles. The van der Waals surface area contributed by atoms with Crippen LogP contribution < -0.4 is 0 Å². The highest BCUT2D eigenvalue weighted by Gasteiger charge is 2.33. The molecule has 2 unspecified atom stereocenters. The minimum Gasteiger partial charge on any atom is -0.356 e. The average Bonchev–Trinajstić information content (AvgIpc) is 3.55. The number of carbonyl (C=O) groups excluding carboxylic acids is 1. The Kier molecular flexibility index (Phi) is 5.03. The van der Waals surface area contributed by atoms with Crippen LogP contribution in [0.25, 0.3) is 22.8 Å². The van der Waals surface area contributed by atoms with Crippen LogP contribution in [0.4, 0.5) is 0 Å². The fourth-order valence-corrected chi connectivity index (χ4v) is 4.04. The van der Waals surface area contributed by atoms with Crippen LogP contribution >= 0.6 is 11.6 Å². The first-order valence-electron chi connectivity index (χ1n) is 10.0. The van der Waals surface area contributed by atoms with Crippen LogP contribution in [0.1, 0.15) is 41.9 Å². The van der Waals surface area contributed by atoms with E-state index in [1.54, 1.807) is 43.0 Å². The lowest BCUT2D eigenvalue weighted by Crippen LogP contribution is -2.45. The van der Waals surface area contributed by atoms with Gasteiger partial charge in [-0.15, -0.1) is 0 Å². The number of aromatic nitrogens is 6. The molecule has 2 N–H and O–H groups in total. The summed E-state index contributed by atoms with van der Waals surface area (Å²) in [5.74, 6) is 0.944. The van der Waals surface area contributed by atoms with Gasteiger partial charge < -0.3 is 14.4 Å². The van der Waals surface area contributed by atoms with E-state index < -0.39 is 0 Å². The van der Waals surface area contributed by atoms with Crippen molar-refractivity contribution in [3.8, 4) is 22.8 Å². The second kappa shape index (κ2) is 7.99.